The first kappa shape index (κ1) is 12.2. The Labute approximate surface area is 103 Å². The number of hydrogen-bond acceptors (Lipinski definition) is 5. The molecule has 0 saturated carbocycles. The molecule has 0 unspecified atom stereocenters. The molecule has 1 aromatic carbocycles. The largest absolute Gasteiger partial charge is 0.320 e. The molecule has 1 heterocycles. The molecule has 0 aliphatic carbocycles. The third-order valence-corrected chi connectivity index (χ3v) is 2.46. The zero-order valence-electron chi connectivity index (χ0n) is 10.1. The summed E-state index contributed by atoms with van der Waals surface area (Å²) in [5.41, 5.74) is 6.51. The van der Waals surface area contributed by atoms with Crippen molar-refractivity contribution in [2.24, 2.45) is 5.73 Å². The predicted molar refractivity (Wildman–Crippen MR) is 65.2 cm³/mol. The minimum absolute atomic E-state index is 0.0107. The molecule has 0 bridgehead atoms. The lowest BCUT2D eigenvalue weighted by Crippen LogP contribution is -2.29. The van der Waals surface area contributed by atoms with Crippen LogP contribution in [0, 0.1) is 10.1 Å². The maximum absolute atomic E-state index is 10.7. The highest BCUT2D eigenvalue weighted by Gasteiger charge is 2.19. The van der Waals surface area contributed by atoms with E-state index in [1.54, 1.807) is 18.3 Å². The molecule has 2 N–H and O–H groups in total. The van der Waals surface area contributed by atoms with E-state index in [0.717, 1.165) is 0 Å². The molecule has 2 aromatic rings. The van der Waals surface area contributed by atoms with Crippen molar-refractivity contribution in [1.29, 1.82) is 0 Å². The van der Waals surface area contributed by atoms with Crippen LogP contribution in [-0.2, 0) is 5.54 Å². The topological polar surface area (TPSA) is 99.9 Å². The Kier molecular flexibility index (Phi) is 2.84. The van der Waals surface area contributed by atoms with Gasteiger partial charge in [-0.2, -0.15) is 0 Å². The monoisotopic (exact) mass is 247 g/mol. The number of nitro benzene ring substituents is 1. The van der Waals surface area contributed by atoms with E-state index in [1.165, 1.54) is 16.8 Å². The molecule has 0 aliphatic heterocycles. The van der Waals surface area contributed by atoms with Crippen molar-refractivity contribution in [1.82, 2.24) is 15.0 Å². The zero-order chi connectivity index (χ0) is 13.3. The molecule has 2 rings (SSSR count). The van der Waals surface area contributed by atoms with E-state index < -0.39 is 10.5 Å². The lowest BCUT2D eigenvalue weighted by atomic mass is 10.0. The Morgan fingerprint density at radius 1 is 1.44 bits per heavy atom. The van der Waals surface area contributed by atoms with E-state index in [0.29, 0.717) is 11.4 Å². The normalized spacial score (nSPS) is 11.5. The summed E-state index contributed by atoms with van der Waals surface area (Å²) in [5, 5.41) is 18.6. The Morgan fingerprint density at radius 3 is 2.72 bits per heavy atom. The van der Waals surface area contributed by atoms with Crippen molar-refractivity contribution in [2.45, 2.75) is 19.4 Å². The van der Waals surface area contributed by atoms with E-state index in [2.05, 4.69) is 10.3 Å². The van der Waals surface area contributed by atoms with Gasteiger partial charge in [0.25, 0.3) is 5.69 Å². The van der Waals surface area contributed by atoms with Crippen molar-refractivity contribution >= 4 is 5.69 Å². The summed E-state index contributed by atoms with van der Waals surface area (Å²) in [5.74, 6) is 0. The number of nitrogens with two attached hydrogens (primary N) is 1. The lowest BCUT2D eigenvalue weighted by molar-refractivity contribution is -0.384. The SMILES string of the molecule is CC(C)(N)c1cn(-c2cccc([N+](=O)[O-])c2)nn1. The van der Waals surface area contributed by atoms with Crippen molar-refractivity contribution in [2.75, 3.05) is 0 Å². The van der Waals surface area contributed by atoms with Crippen molar-refractivity contribution in [3.8, 4) is 5.69 Å². The highest BCUT2D eigenvalue weighted by molar-refractivity contribution is 5.42. The number of nitrogens with zero attached hydrogens (tertiary/aromatic N) is 4. The van der Waals surface area contributed by atoms with Gasteiger partial charge in [0, 0.05) is 12.1 Å². The van der Waals surface area contributed by atoms with Gasteiger partial charge in [0.05, 0.1) is 22.3 Å². The quantitative estimate of drug-likeness (QED) is 0.652. The minimum Gasteiger partial charge on any atom is -0.320 e. The van der Waals surface area contributed by atoms with Gasteiger partial charge in [-0.15, -0.1) is 5.10 Å². The van der Waals surface area contributed by atoms with Gasteiger partial charge in [-0.25, -0.2) is 4.68 Å². The summed E-state index contributed by atoms with van der Waals surface area (Å²) in [6.07, 6.45) is 1.67. The van der Waals surface area contributed by atoms with Crippen LogP contribution in [0.4, 0.5) is 5.69 Å². The van der Waals surface area contributed by atoms with Gasteiger partial charge in [0.2, 0.25) is 0 Å². The van der Waals surface area contributed by atoms with Crippen LogP contribution in [0.5, 0.6) is 0 Å². The first-order valence-electron chi connectivity index (χ1n) is 5.34. The van der Waals surface area contributed by atoms with Crippen molar-refractivity contribution < 1.29 is 4.92 Å². The van der Waals surface area contributed by atoms with Gasteiger partial charge in [-0.1, -0.05) is 11.3 Å². The molecular weight excluding hydrogens is 234 g/mol. The molecule has 7 heteroatoms. The highest BCUT2D eigenvalue weighted by atomic mass is 16.6. The molecule has 0 aliphatic rings. The zero-order valence-corrected chi connectivity index (χ0v) is 10.1. The van der Waals surface area contributed by atoms with Crippen LogP contribution in [0.25, 0.3) is 5.69 Å². The van der Waals surface area contributed by atoms with Crippen LogP contribution in [0.15, 0.2) is 30.5 Å². The molecule has 0 spiro atoms. The Morgan fingerprint density at radius 2 is 2.17 bits per heavy atom. The average Bonchev–Trinajstić information content (AvgIpc) is 2.78. The van der Waals surface area contributed by atoms with Gasteiger partial charge in [0.15, 0.2) is 0 Å². The number of rotatable bonds is 3. The Hall–Kier alpha value is -2.28. The van der Waals surface area contributed by atoms with Crippen LogP contribution < -0.4 is 5.73 Å². The fourth-order valence-electron chi connectivity index (χ4n) is 1.43. The molecular formula is C11H13N5O2. The molecule has 94 valence electrons. The summed E-state index contributed by atoms with van der Waals surface area (Å²) in [6, 6.07) is 6.17. The maximum atomic E-state index is 10.7. The number of hydrogen-bond donors (Lipinski definition) is 1. The number of aromatic nitrogens is 3. The minimum atomic E-state index is -0.598. The maximum Gasteiger partial charge on any atom is 0.271 e. The second-order valence-corrected chi connectivity index (χ2v) is 4.55. The summed E-state index contributed by atoms with van der Waals surface area (Å²) >= 11 is 0. The second-order valence-electron chi connectivity index (χ2n) is 4.55. The van der Waals surface area contributed by atoms with Crippen LogP contribution in [0.1, 0.15) is 19.5 Å². The summed E-state index contributed by atoms with van der Waals surface area (Å²) in [6.45, 7) is 3.63. The fraction of sp³-hybridized carbons (Fsp3) is 0.273. The number of benzene rings is 1. The van der Waals surface area contributed by atoms with E-state index in [4.69, 9.17) is 5.73 Å². The molecule has 7 nitrogen and oxygen atoms in total. The predicted octanol–water partition coefficient (Wildman–Crippen LogP) is 1.37. The van der Waals surface area contributed by atoms with Crippen LogP contribution in [0.2, 0.25) is 0 Å². The van der Waals surface area contributed by atoms with E-state index in [-0.39, 0.29) is 5.69 Å². The Balaban J connectivity index is 2.40. The Bertz CT molecular complexity index is 585. The summed E-state index contributed by atoms with van der Waals surface area (Å²) < 4.78 is 1.47. The molecule has 0 saturated heterocycles. The summed E-state index contributed by atoms with van der Waals surface area (Å²) in [7, 11) is 0. The fourth-order valence-corrected chi connectivity index (χ4v) is 1.43. The number of non-ortho nitro benzene ring substituents is 1. The van der Waals surface area contributed by atoms with Gasteiger partial charge < -0.3 is 5.73 Å². The van der Waals surface area contributed by atoms with E-state index in [1.807, 2.05) is 13.8 Å². The van der Waals surface area contributed by atoms with Crippen molar-refractivity contribution in [3.63, 3.8) is 0 Å². The van der Waals surface area contributed by atoms with Crippen LogP contribution >= 0.6 is 0 Å². The molecule has 18 heavy (non-hydrogen) atoms. The third-order valence-electron chi connectivity index (χ3n) is 2.46. The first-order valence-corrected chi connectivity index (χ1v) is 5.34. The van der Waals surface area contributed by atoms with Crippen LogP contribution in [0.3, 0.4) is 0 Å². The first-order chi connectivity index (χ1) is 8.38. The van der Waals surface area contributed by atoms with E-state index in [9.17, 15) is 10.1 Å². The molecule has 1 aromatic heterocycles. The van der Waals surface area contributed by atoms with Gasteiger partial charge in [-0.3, -0.25) is 10.1 Å². The number of nitro groups is 1. The van der Waals surface area contributed by atoms with Gasteiger partial charge in [-0.05, 0) is 19.9 Å². The third kappa shape index (κ3) is 2.35. The van der Waals surface area contributed by atoms with Gasteiger partial charge >= 0.3 is 0 Å². The molecule has 0 amide bonds. The summed E-state index contributed by atoms with van der Waals surface area (Å²) in [4.78, 5) is 10.2. The highest BCUT2D eigenvalue weighted by Crippen LogP contribution is 2.18. The van der Waals surface area contributed by atoms with Crippen molar-refractivity contribution in [3.05, 3.63) is 46.3 Å². The lowest BCUT2D eigenvalue weighted by Gasteiger charge is -2.13. The van der Waals surface area contributed by atoms with Gasteiger partial charge in [0.1, 0.15) is 5.69 Å². The van der Waals surface area contributed by atoms with E-state index >= 15 is 0 Å². The smallest absolute Gasteiger partial charge is 0.271 e. The molecule has 0 radical (unpaired) electrons. The molecule has 0 fully saturated rings. The standard InChI is InChI=1S/C11H13N5O2/c1-11(2,12)10-7-15(14-13-10)8-4-3-5-9(6-8)16(17)18/h3-7H,12H2,1-2H3. The second kappa shape index (κ2) is 4.19. The average molecular weight is 247 g/mol. The molecule has 0 atom stereocenters. The van der Waals surface area contributed by atoms with Crippen LogP contribution in [-0.4, -0.2) is 19.9 Å².